The van der Waals surface area contributed by atoms with Crippen LogP contribution in [0.25, 0.3) is 28.2 Å². The van der Waals surface area contributed by atoms with E-state index in [1.54, 1.807) is 20.2 Å². The summed E-state index contributed by atoms with van der Waals surface area (Å²) in [7, 11) is 4.61. The SMILES string of the molecule is C=CCN(C)O.COC(=O)C1=Cc2cc(OC)ccc2-c2c(C3CCCCC3)c3ccc(C(N)=O)cc3n2C1. The molecule has 0 saturated heterocycles. The number of carbonyl (C=O) groups is 2. The molecule has 1 fully saturated rings. The zero-order valence-corrected chi connectivity index (χ0v) is 22.9. The molecule has 1 aromatic heterocycles. The third kappa shape index (κ3) is 5.92. The third-order valence-electron chi connectivity index (χ3n) is 7.41. The van der Waals surface area contributed by atoms with E-state index in [-0.39, 0.29) is 5.97 Å². The van der Waals surface area contributed by atoms with Gasteiger partial charge in [0.25, 0.3) is 0 Å². The minimum Gasteiger partial charge on any atom is -0.497 e. The molecule has 8 heteroatoms. The van der Waals surface area contributed by atoms with Gasteiger partial charge in [0.05, 0.1) is 32.0 Å². The zero-order valence-electron chi connectivity index (χ0n) is 22.9. The number of primary amides is 1. The van der Waals surface area contributed by atoms with Gasteiger partial charge in [-0.05, 0) is 66.3 Å². The van der Waals surface area contributed by atoms with Crippen LogP contribution in [0.15, 0.2) is 54.6 Å². The first-order valence-electron chi connectivity index (χ1n) is 13.2. The van der Waals surface area contributed by atoms with Gasteiger partial charge >= 0.3 is 5.97 Å². The predicted molar refractivity (Wildman–Crippen MR) is 153 cm³/mol. The average molecular weight is 532 g/mol. The molecule has 3 aromatic rings. The maximum Gasteiger partial charge on any atom is 0.335 e. The molecule has 3 N–H and O–H groups in total. The second-order valence-electron chi connectivity index (χ2n) is 10.0. The van der Waals surface area contributed by atoms with Crippen LogP contribution in [0.2, 0.25) is 0 Å². The number of fused-ring (bicyclic) bond motifs is 5. The lowest BCUT2D eigenvalue weighted by atomic mass is 9.81. The number of rotatable bonds is 6. The van der Waals surface area contributed by atoms with Crippen molar-refractivity contribution in [2.75, 3.05) is 27.8 Å². The maximum absolute atomic E-state index is 12.7. The lowest BCUT2D eigenvalue weighted by Gasteiger charge is -2.24. The first kappa shape index (κ1) is 28.1. The van der Waals surface area contributed by atoms with Crippen LogP contribution in [0.5, 0.6) is 5.75 Å². The van der Waals surface area contributed by atoms with Crippen molar-refractivity contribution in [2.45, 2.75) is 44.6 Å². The largest absolute Gasteiger partial charge is 0.497 e. The molecule has 1 aliphatic heterocycles. The summed E-state index contributed by atoms with van der Waals surface area (Å²) < 4.78 is 12.7. The summed E-state index contributed by atoms with van der Waals surface area (Å²) >= 11 is 0. The number of carbonyl (C=O) groups excluding carboxylic acids is 2. The summed E-state index contributed by atoms with van der Waals surface area (Å²) in [6.07, 6.45) is 9.46. The Hall–Kier alpha value is -3.88. The highest BCUT2D eigenvalue weighted by Gasteiger charge is 2.30. The van der Waals surface area contributed by atoms with E-state index >= 15 is 0 Å². The Morgan fingerprint density at radius 2 is 1.90 bits per heavy atom. The Bertz CT molecular complexity index is 1410. The second-order valence-corrected chi connectivity index (χ2v) is 10.0. The van der Waals surface area contributed by atoms with E-state index in [0.717, 1.165) is 51.4 Å². The highest BCUT2D eigenvalue weighted by Crippen LogP contribution is 2.47. The number of hydrogen-bond acceptors (Lipinski definition) is 6. The molecule has 1 amide bonds. The molecule has 5 rings (SSSR count). The number of ether oxygens (including phenoxy) is 2. The Morgan fingerprint density at radius 3 is 2.49 bits per heavy atom. The Kier molecular flexibility index (Phi) is 8.89. The molecule has 0 atom stereocenters. The van der Waals surface area contributed by atoms with Gasteiger partial charge in [-0.3, -0.25) is 4.79 Å². The van der Waals surface area contributed by atoms with Crippen LogP contribution in [0.1, 0.15) is 59.5 Å². The van der Waals surface area contributed by atoms with Crippen LogP contribution >= 0.6 is 0 Å². The summed E-state index contributed by atoms with van der Waals surface area (Å²) in [5.74, 6) is 0.318. The first-order chi connectivity index (χ1) is 18.8. The van der Waals surface area contributed by atoms with Crippen LogP contribution in [0, 0.1) is 0 Å². The van der Waals surface area contributed by atoms with E-state index in [1.807, 2.05) is 36.4 Å². The number of nitrogens with two attached hydrogens (primary N) is 1. The molecular formula is C31H37N3O5. The zero-order chi connectivity index (χ0) is 28.1. The fourth-order valence-electron chi connectivity index (χ4n) is 5.64. The standard InChI is InChI=1S/C27H28N2O4.C4H9NO/c1-32-20-9-11-21-18(13-20)12-19(27(31)33-2)15-29-23-14-17(26(28)30)8-10-22(23)24(25(21)29)16-6-4-3-5-7-16;1-3-4-5(2)6/h8-14,16H,3-7,15H2,1-2H3,(H2,28,30);3,6H,1,4H2,2H3. The lowest BCUT2D eigenvalue weighted by Crippen LogP contribution is -2.12. The number of aromatic nitrogens is 1. The number of amides is 1. The second kappa shape index (κ2) is 12.3. The van der Waals surface area contributed by atoms with Gasteiger partial charge in [0.2, 0.25) is 5.91 Å². The molecule has 0 spiro atoms. The van der Waals surface area contributed by atoms with Crippen LogP contribution < -0.4 is 10.5 Å². The Labute approximate surface area is 229 Å². The normalized spacial score (nSPS) is 14.8. The average Bonchev–Trinajstić information content (AvgIpc) is 3.15. The minimum absolute atomic E-state index is 0.352. The van der Waals surface area contributed by atoms with Crippen LogP contribution in [-0.2, 0) is 16.1 Å². The van der Waals surface area contributed by atoms with Gasteiger partial charge in [-0.2, -0.15) is 5.06 Å². The van der Waals surface area contributed by atoms with Crippen molar-refractivity contribution < 1.29 is 24.3 Å². The lowest BCUT2D eigenvalue weighted by molar-refractivity contribution is -0.136. The number of methoxy groups -OCH3 is 2. The van der Waals surface area contributed by atoms with Gasteiger partial charge < -0.3 is 25.0 Å². The predicted octanol–water partition coefficient (Wildman–Crippen LogP) is 5.53. The van der Waals surface area contributed by atoms with E-state index in [0.29, 0.717) is 30.1 Å². The van der Waals surface area contributed by atoms with Crippen molar-refractivity contribution in [3.63, 3.8) is 0 Å². The molecule has 206 valence electrons. The van der Waals surface area contributed by atoms with Gasteiger partial charge in [-0.25, -0.2) is 4.79 Å². The topological polar surface area (TPSA) is 107 Å². The molecule has 1 saturated carbocycles. The van der Waals surface area contributed by atoms with Crippen molar-refractivity contribution in [1.82, 2.24) is 9.63 Å². The van der Waals surface area contributed by atoms with Crippen LogP contribution in [0.3, 0.4) is 0 Å². The minimum atomic E-state index is -0.464. The van der Waals surface area contributed by atoms with Crippen molar-refractivity contribution in [1.29, 1.82) is 0 Å². The van der Waals surface area contributed by atoms with Crippen molar-refractivity contribution in [3.05, 3.63) is 71.3 Å². The summed E-state index contributed by atoms with van der Waals surface area (Å²) in [5, 5.41) is 10.5. The van der Waals surface area contributed by atoms with Gasteiger partial charge in [0, 0.05) is 35.6 Å². The number of esters is 1. The highest BCUT2D eigenvalue weighted by molar-refractivity contribution is 6.03. The molecule has 1 aliphatic carbocycles. The number of hydroxylamine groups is 2. The summed E-state index contributed by atoms with van der Waals surface area (Å²) in [4.78, 5) is 24.7. The van der Waals surface area contributed by atoms with Crippen molar-refractivity contribution in [2.24, 2.45) is 5.73 Å². The van der Waals surface area contributed by atoms with E-state index in [1.165, 1.54) is 31.9 Å². The Balaban J connectivity index is 0.000000531. The third-order valence-corrected chi connectivity index (χ3v) is 7.41. The summed E-state index contributed by atoms with van der Waals surface area (Å²) in [6.45, 7) is 4.28. The van der Waals surface area contributed by atoms with E-state index < -0.39 is 5.91 Å². The van der Waals surface area contributed by atoms with Gasteiger partial charge in [0.1, 0.15) is 5.75 Å². The van der Waals surface area contributed by atoms with E-state index in [9.17, 15) is 9.59 Å². The molecule has 2 aromatic carbocycles. The first-order valence-corrected chi connectivity index (χ1v) is 13.2. The smallest absolute Gasteiger partial charge is 0.335 e. The summed E-state index contributed by atoms with van der Waals surface area (Å²) in [6, 6.07) is 11.7. The van der Waals surface area contributed by atoms with Gasteiger partial charge in [-0.15, -0.1) is 6.58 Å². The van der Waals surface area contributed by atoms with Crippen LogP contribution in [0.4, 0.5) is 0 Å². The number of nitrogens with zero attached hydrogens (tertiary/aromatic N) is 2. The van der Waals surface area contributed by atoms with Crippen molar-refractivity contribution >= 4 is 28.9 Å². The number of likely N-dealkylation sites (N-methyl/N-ethyl adjacent to an activating group) is 1. The molecule has 0 bridgehead atoms. The van der Waals surface area contributed by atoms with E-state index in [2.05, 4.69) is 17.2 Å². The Morgan fingerprint density at radius 1 is 1.15 bits per heavy atom. The summed E-state index contributed by atoms with van der Waals surface area (Å²) in [5.41, 5.74) is 11.9. The molecule has 39 heavy (non-hydrogen) atoms. The monoisotopic (exact) mass is 531 g/mol. The molecule has 2 heterocycles. The molecule has 0 radical (unpaired) electrons. The highest BCUT2D eigenvalue weighted by atomic mass is 16.5. The molecule has 8 nitrogen and oxygen atoms in total. The van der Waals surface area contributed by atoms with Crippen molar-refractivity contribution in [3.8, 4) is 17.0 Å². The molecule has 2 aliphatic rings. The molecular weight excluding hydrogens is 494 g/mol. The van der Waals surface area contributed by atoms with Crippen LogP contribution in [-0.4, -0.2) is 54.5 Å². The fraction of sp³-hybridized carbons (Fsp3) is 0.355. The maximum atomic E-state index is 12.7. The van der Waals surface area contributed by atoms with Gasteiger partial charge in [0.15, 0.2) is 0 Å². The number of hydrogen-bond donors (Lipinski definition) is 2. The quantitative estimate of drug-likeness (QED) is 0.246. The molecule has 0 unspecified atom stereocenters. The number of benzene rings is 2. The van der Waals surface area contributed by atoms with E-state index in [4.69, 9.17) is 20.4 Å². The van der Waals surface area contributed by atoms with Gasteiger partial charge in [-0.1, -0.05) is 31.4 Å². The fourth-order valence-corrected chi connectivity index (χ4v) is 5.64.